The smallest absolute Gasteiger partial charge is 0.0128 e. The summed E-state index contributed by atoms with van der Waals surface area (Å²) >= 11 is 0. The second-order valence-electron chi connectivity index (χ2n) is 2.11. The van der Waals surface area contributed by atoms with Gasteiger partial charge in [-0.2, -0.15) is 0 Å². The maximum absolute atomic E-state index is 2.45. The van der Waals surface area contributed by atoms with Crippen molar-refractivity contribution in [2.45, 2.75) is 12.1 Å². The van der Waals surface area contributed by atoms with Gasteiger partial charge in [-0.05, 0) is 28.8 Å². The van der Waals surface area contributed by atoms with Gasteiger partial charge in [-0.25, -0.2) is 0 Å². The van der Waals surface area contributed by atoms with Crippen molar-refractivity contribution in [2.75, 3.05) is 0 Å². The summed E-state index contributed by atoms with van der Waals surface area (Å²) in [4.78, 5) is 0. The van der Waals surface area contributed by atoms with Gasteiger partial charge in [0, 0.05) is 17.6 Å². The summed E-state index contributed by atoms with van der Waals surface area (Å²) < 4.78 is 0. The quantitative estimate of drug-likeness (QED) is 0.303. The van der Waals surface area contributed by atoms with Gasteiger partial charge in [0.25, 0.3) is 0 Å². The van der Waals surface area contributed by atoms with Crippen molar-refractivity contribution in [3.8, 4) is 0 Å². The molecular formula is C4H12Si4. The molecule has 0 atom stereocenters. The molecule has 1 aliphatic rings. The van der Waals surface area contributed by atoms with E-state index in [4.69, 9.17) is 0 Å². The molecule has 0 nitrogen and oxygen atoms in total. The lowest BCUT2D eigenvalue weighted by Gasteiger charge is -1.90. The summed E-state index contributed by atoms with van der Waals surface area (Å²) in [6, 6.07) is 3.05. The van der Waals surface area contributed by atoms with Crippen molar-refractivity contribution >= 4 is 34.3 Å². The topological polar surface area (TPSA) is 0 Å². The normalized spacial score (nSPS) is 26.0. The van der Waals surface area contributed by atoms with Gasteiger partial charge in [0.2, 0.25) is 0 Å². The first-order valence-electron chi connectivity index (χ1n) is 3.30. The Labute approximate surface area is 59.0 Å². The lowest BCUT2D eigenvalue weighted by Crippen LogP contribution is -2.08. The molecule has 0 N–H and O–H groups in total. The third-order valence-corrected chi connectivity index (χ3v) is 27.6. The second-order valence-corrected chi connectivity index (χ2v) is 21.5. The van der Waals surface area contributed by atoms with Gasteiger partial charge in [0.1, 0.15) is 0 Å². The third-order valence-electron chi connectivity index (χ3n) is 1.35. The molecule has 44 valence electrons. The molecule has 0 fully saturated rings. The van der Waals surface area contributed by atoms with Gasteiger partial charge in [0.05, 0.1) is 0 Å². The van der Waals surface area contributed by atoms with E-state index in [2.05, 4.69) is 12.2 Å². The first kappa shape index (κ1) is 6.72. The van der Waals surface area contributed by atoms with Crippen molar-refractivity contribution < 1.29 is 0 Å². The fourth-order valence-electron chi connectivity index (χ4n) is 0.860. The van der Waals surface area contributed by atoms with Crippen LogP contribution in [-0.2, 0) is 0 Å². The highest BCUT2D eigenvalue weighted by Gasteiger charge is 1.85. The van der Waals surface area contributed by atoms with E-state index < -0.39 is 0 Å². The fraction of sp³-hybridized carbons (Fsp3) is 0.500. The maximum atomic E-state index is 2.45. The molecule has 0 spiro atoms. The van der Waals surface area contributed by atoms with Gasteiger partial charge in [-0.3, -0.25) is 0 Å². The zero-order valence-electron chi connectivity index (χ0n) is 5.14. The molecule has 0 amide bonds. The van der Waals surface area contributed by atoms with Crippen LogP contribution in [0.25, 0.3) is 0 Å². The molecule has 1 rings (SSSR count). The van der Waals surface area contributed by atoms with Crippen LogP contribution >= 0.6 is 0 Å². The Morgan fingerprint density at radius 3 is 3.38 bits per heavy atom. The van der Waals surface area contributed by atoms with Gasteiger partial charge in [-0.1, -0.05) is 12.2 Å². The highest BCUT2D eigenvalue weighted by molar-refractivity contribution is 7.33. The van der Waals surface area contributed by atoms with Gasteiger partial charge in [-0.15, -0.1) is 0 Å². The molecule has 0 saturated heterocycles. The Hall–Kier alpha value is 0.608. The van der Waals surface area contributed by atoms with E-state index in [0.29, 0.717) is 17.6 Å². The molecule has 1 heterocycles. The predicted octanol–water partition coefficient (Wildman–Crippen LogP) is -1.65. The first-order valence-corrected chi connectivity index (χ1v) is 15.0. The summed E-state index contributed by atoms with van der Waals surface area (Å²) in [6.45, 7) is 0. The lowest BCUT2D eigenvalue weighted by atomic mass is 10.6. The van der Waals surface area contributed by atoms with Crippen LogP contribution in [0.4, 0.5) is 0 Å². The van der Waals surface area contributed by atoms with E-state index in [0.717, 1.165) is 16.7 Å². The number of hydrogen-bond donors (Lipinski definition) is 0. The summed E-state index contributed by atoms with van der Waals surface area (Å²) in [7, 11) is 3.29. The van der Waals surface area contributed by atoms with Gasteiger partial charge < -0.3 is 0 Å². The monoisotopic (exact) mass is 172 g/mol. The van der Waals surface area contributed by atoms with Crippen LogP contribution < -0.4 is 0 Å². The Kier molecular flexibility index (Phi) is 3.77. The van der Waals surface area contributed by atoms with Crippen LogP contribution in [0, 0.1) is 0 Å². The molecule has 0 aromatic carbocycles. The molecule has 8 heavy (non-hydrogen) atoms. The SMILES string of the molecule is C1=CC[SiH2][SiH2][SiH]=[SiH]C1. The largest absolute Gasteiger partial charge is 0.0921 e. The van der Waals surface area contributed by atoms with Crippen LogP contribution in [0.2, 0.25) is 12.1 Å². The standard InChI is InChI=1S/C4H12Si4/c1-2-4-6-8-7-5-3-1/h1-2,5,7H,3-4,6,8H2. The molecule has 0 aromatic heterocycles. The number of rotatable bonds is 0. The Morgan fingerprint density at radius 2 is 2.38 bits per heavy atom. The summed E-state index contributed by atoms with van der Waals surface area (Å²) in [5.74, 6) is 0. The summed E-state index contributed by atoms with van der Waals surface area (Å²) in [5, 5.41) is 0. The van der Waals surface area contributed by atoms with Crippen LogP contribution in [0.3, 0.4) is 0 Å². The van der Waals surface area contributed by atoms with Crippen molar-refractivity contribution in [1.82, 2.24) is 0 Å². The van der Waals surface area contributed by atoms with Crippen LogP contribution in [0.15, 0.2) is 12.2 Å². The zero-order chi connectivity index (χ0) is 5.66. The van der Waals surface area contributed by atoms with Crippen molar-refractivity contribution in [3.63, 3.8) is 0 Å². The van der Waals surface area contributed by atoms with E-state index in [1.54, 1.807) is 6.04 Å². The first-order chi connectivity index (χ1) is 4.00. The van der Waals surface area contributed by atoms with E-state index >= 15 is 0 Å². The van der Waals surface area contributed by atoms with Gasteiger partial charge in [0.15, 0.2) is 0 Å². The molecule has 0 aliphatic carbocycles. The average molecular weight is 172 g/mol. The highest BCUT2D eigenvalue weighted by atomic mass is 29.6. The summed E-state index contributed by atoms with van der Waals surface area (Å²) in [6.07, 6.45) is 4.88. The van der Waals surface area contributed by atoms with Gasteiger partial charge >= 0.3 is 0 Å². The molecule has 0 unspecified atom stereocenters. The highest BCUT2D eigenvalue weighted by Crippen LogP contribution is 1.85. The number of allylic oxidation sites excluding steroid dienone is 2. The van der Waals surface area contributed by atoms with E-state index in [1.165, 1.54) is 6.04 Å². The molecule has 1 aliphatic heterocycles. The number of hydrogen-bond acceptors (Lipinski definition) is 0. The Bertz CT molecular complexity index is 94.6. The molecule has 0 aromatic rings. The molecule has 0 saturated carbocycles. The van der Waals surface area contributed by atoms with Crippen LogP contribution in [0.5, 0.6) is 0 Å². The second kappa shape index (κ2) is 4.48. The minimum absolute atomic E-state index is 0.561. The Balaban J connectivity index is 2.31. The van der Waals surface area contributed by atoms with Crippen LogP contribution in [-0.4, -0.2) is 34.3 Å². The molecule has 0 radical (unpaired) electrons. The molecule has 4 heteroatoms. The van der Waals surface area contributed by atoms with Crippen molar-refractivity contribution in [1.29, 1.82) is 0 Å². The molecular weight excluding hydrogens is 160 g/mol. The minimum atomic E-state index is 0.561. The van der Waals surface area contributed by atoms with E-state index in [9.17, 15) is 0 Å². The van der Waals surface area contributed by atoms with E-state index in [-0.39, 0.29) is 0 Å². The molecule has 0 bridgehead atoms. The zero-order valence-corrected chi connectivity index (χ0v) is 10.3. The van der Waals surface area contributed by atoms with Crippen LogP contribution in [0.1, 0.15) is 0 Å². The fourth-order valence-corrected chi connectivity index (χ4v) is 27.3. The summed E-state index contributed by atoms with van der Waals surface area (Å²) in [5.41, 5.74) is 0. The maximum Gasteiger partial charge on any atom is 0.0128 e. The Morgan fingerprint density at radius 1 is 1.38 bits per heavy atom. The lowest BCUT2D eigenvalue weighted by molar-refractivity contribution is 1.61. The average Bonchev–Trinajstić information content (AvgIpc) is 1.62. The van der Waals surface area contributed by atoms with E-state index in [1.807, 2.05) is 0 Å². The minimum Gasteiger partial charge on any atom is -0.0921 e. The van der Waals surface area contributed by atoms with Crippen molar-refractivity contribution in [3.05, 3.63) is 12.2 Å². The predicted molar refractivity (Wildman–Crippen MR) is 50.1 cm³/mol. The van der Waals surface area contributed by atoms with Crippen molar-refractivity contribution in [2.24, 2.45) is 0 Å². The third kappa shape index (κ3) is 2.80.